The summed E-state index contributed by atoms with van der Waals surface area (Å²) in [7, 11) is 3.33. The van der Waals surface area contributed by atoms with Crippen LogP contribution in [0.15, 0.2) is 18.2 Å². The smallest absolute Gasteiger partial charge is 0.122 e. The summed E-state index contributed by atoms with van der Waals surface area (Å²) in [6.45, 7) is 3.94. The SMILES string of the molecule is COc1cc(C(OC)C(C)N)ccc1C. The maximum absolute atomic E-state index is 5.84. The molecule has 0 aromatic heterocycles. The summed E-state index contributed by atoms with van der Waals surface area (Å²) in [6.07, 6.45) is -0.0838. The monoisotopic (exact) mass is 209 g/mol. The zero-order valence-electron chi connectivity index (χ0n) is 9.78. The molecule has 2 N–H and O–H groups in total. The highest BCUT2D eigenvalue weighted by Crippen LogP contribution is 2.26. The van der Waals surface area contributed by atoms with Crippen LogP contribution in [0.2, 0.25) is 0 Å². The maximum atomic E-state index is 5.84. The van der Waals surface area contributed by atoms with Crippen LogP contribution in [0.25, 0.3) is 0 Å². The van der Waals surface area contributed by atoms with E-state index in [1.54, 1.807) is 14.2 Å². The average Bonchev–Trinajstić information content (AvgIpc) is 2.21. The van der Waals surface area contributed by atoms with Crippen LogP contribution in [0.3, 0.4) is 0 Å². The van der Waals surface area contributed by atoms with Crippen LogP contribution in [-0.2, 0) is 4.74 Å². The van der Waals surface area contributed by atoms with Crippen molar-refractivity contribution in [1.82, 2.24) is 0 Å². The fourth-order valence-corrected chi connectivity index (χ4v) is 1.67. The number of rotatable bonds is 4. The number of benzene rings is 1. The summed E-state index contributed by atoms with van der Waals surface area (Å²) in [5.41, 5.74) is 8.01. The third kappa shape index (κ3) is 2.70. The van der Waals surface area contributed by atoms with Crippen LogP contribution in [-0.4, -0.2) is 20.3 Å². The molecular weight excluding hydrogens is 190 g/mol. The van der Waals surface area contributed by atoms with Gasteiger partial charge in [-0.1, -0.05) is 12.1 Å². The molecule has 0 radical (unpaired) electrons. The van der Waals surface area contributed by atoms with Gasteiger partial charge in [0.1, 0.15) is 5.75 Å². The van der Waals surface area contributed by atoms with Gasteiger partial charge in [-0.25, -0.2) is 0 Å². The lowest BCUT2D eigenvalue weighted by molar-refractivity contribution is 0.0851. The molecule has 0 saturated heterocycles. The van der Waals surface area contributed by atoms with Gasteiger partial charge in [-0.15, -0.1) is 0 Å². The van der Waals surface area contributed by atoms with Crippen molar-refractivity contribution in [3.8, 4) is 5.75 Å². The Morgan fingerprint density at radius 1 is 1.27 bits per heavy atom. The second kappa shape index (κ2) is 5.14. The molecule has 0 aliphatic heterocycles. The highest BCUT2D eigenvalue weighted by Gasteiger charge is 2.16. The maximum Gasteiger partial charge on any atom is 0.122 e. The highest BCUT2D eigenvalue weighted by molar-refractivity contribution is 5.37. The minimum absolute atomic E-state index is 0.0394. The van der Waals surface area contributed by atoms with Gasteiger partial charge in [0.15, 0.2) is 0 Å². The van der Waals surface area contributed by atoms with Crippen molar-refractivity contribution in [2.75, 3.05) is 14.2 Å². The fraction of sp³-hybridized carbons (Fsp3) is 0.500. The van der Waals surface area contributed by atoms with E-state index in [2.05, 4.69) is 0 Å². The minimum Gasteiger partial charge on any atom is -0.496 e. The van der Waals surface area contributed by atoms with Crippen molar-refractivity contribution in [1.29, 1.82) is 0 Å². The van der Waals surface area contributed by atoms with Crippen LogP contribution < -0.4 is 10.5 Å². The standard InChI is InChI=1S/C12H19NO2/c1-8-5-6-10(7-11(8)14-3)12(15-4)9(2)13/h5-7,9,12H,13H2,1-4H3. The molecule has 2 atom stereocenters. The zero-order valence-corrected chi connectivity index (χ0v) is 9.78. The van der Waals surface area contributed by atoms with Crippen LogP contribution >= 0.6 is 0 Å². The Morgan fingerprint density at radius 2 is 1.93 bits per heavy atom. The molecule has 84 valence electrons. The molecule has 0 heterocycles. The average molecular weight is 209 g/mol. The van der Waals surface area contributed by atoms with Crippen molar-refractivity contribution in [2.45, 2.75) is 26.0 Å². The number of hydrogen-bond donors (Lipinski definition) is 1. The van der Waals surface area contributed by atoms with E-state index < -0.39 is 0 Å². The van der Waals surface area contributed by atoms with E-state index in [4.69, 9.17) is 15.2 Å². The van der Waals surface area contributed by atoms with Crippen molar-refractivity contribution in [2.24, 2.45) is 5.73 Å². The Balaban J connectivity index is 3.03. The largest absolute Gasteiger partial charge is 0.496 e. The molecule has 1 aromatic carbocycles. The summed E-state index contributed by atoms with van der Waals surface area (Å²) in [5, 5.41) is 0. The normalized spacial score (nSPS) is 14.7. The van der Waals surface area contributed by atoms with Gasteiger partial charge in [-0.2, -0.15) is 0 Å². The Kier molecular flexibility index (Phi) is 4.12. The Bertz CT molecular complexity index is 323. The fourth-order valence-electron chi connectivity index (χ4n) is 1.67. The lowest BCUT2D eigenvalue weighted by Crippen LogP contribution is -2.26. The minimum atomic E-state index is -0.0838. The molecule has 3 nitrogen and oxygen atoms in total. The lowest BCUT2D eigenvalue weighted by Gasteiger charge is -2.20. The molecule has 0 bridgehead atoms. The van der Waals surface area contributed by atoms with Gasteiger partial charge in [0.25, 0.3) is 0 Å². The van der Waals surface area contributed by atoms with E-state index >= 15 is 0 Å². The van der Waals surface area contributed by atoms with E-state index in [9.17, 15) is 0 Å². The molecule has 15 heavy (non-hydrogen) atoms. The number of methoxy groups -OCH3 is 2. The van der Waals surface area contributed by atoms with Crippen molar-refractivity contribution in [3.63, 3.8) is 0 Å². The first-order chi connectivity index (χ1) is 7.10. The van der Waals surface area contributed by atoms with Crippen LogP contribution in [0, 0.1) is 6.92 Å². The van der Waals surface area contributed by atoms with Gasteiger partial charge in [0.05, 0.1) is 13.2 Å². The highest BCUT2D eigenvalue weighted by atomic mass is 16.5. The van der Waals surface area contributed by atoms with Gasteiger partial charge in [0.2, 0.25) is 0 Å². The first kappa shape index (κ1) is 12.0. The summed E-state index contributed by atoms with van der Waals surface area (Å²) < 4.78 is 10.6. The summed E-state index contributed by atoms with van der Waals surface area (Å²) in [4.78, 5) is 0. The molecule has 3 heteroatoms. The third-order valence-corrected chi connectivity index (χ3v) is 2.49. The van der Waals surface area contributed by atoms with E-state index in [1.807, 2.05) is 32.0 Å². The predicted molar refractivity (Wildman–Crippen MR) is 61.1 cm³/mol. The molecule has 0 saturated carbocycles. The first-order valence-corrected chi connectivity index (χ1v) is 5.03. The number of aryl methyl sites for hydroxylation is 1. The molecule has 1 rings (SSSR count). The van der Waals surface area contributed by atoms with Gasteiger partial charge in [-0.3, -0.25) is 0 Å². The second-order valence-electron chi connectivity index (χ2n) is 3.74. The van der Waals surface area contributed by atoms with Gasteiger partial charge in [-0.05, 0) is 31.0 Å². The van der Waals surface area contributed by atoms with E-state index in [0.717, 1.165) is 16.9 Å². The van der Waals surface area contributed by atoms with Gasteiger partial charge in [0, 0.05) is 13.2 Å². The molecule has 0 aliphatic rings. The molecule has 0 fully saturated rings. The number of nitrogens with two attached hydrogens (primary N) is 1. The van der Waals surface area contributed by atoms with E-state index in [-0.39, 0.29) is 12.1 Å². The molecule has 0 amide bonds. The van der Waals surface area contributed by atoms with Crippen LogP contribution in [0.4, 0.5) is 0 Å². The molecular formula is C12H19NO2. The number of ether oxygens (including phenoxy) is 2. The Morgan fingerprint density at radius 3 is 2.40 bits per heavy atom. The predicted octanol–water partition coefficient (Wildman–Crippen LogP) is 2.04. The quantitative estimate of drug-likeness (QED) is 0.825. The Labute approximate surface area is 91.2 Å². The first-order valence-electron chi connectivity index (χ1n) is 5.03. The van der Waals surface area contributed by atoms with E-state index in [1.165, 1.54) is 0 Å². The van der Waals surface area contributed by atoms with Crippen molar-refractivity contribution in [3.05, 3.63) is 29.3 Å². The Hall–Kier alpha value is -1.06. The van der Waals surface area contributed by atoms with Crippen molar-refractivity contribution < 1.29 is 9.47 Å². The molecule has 1 aromatic rings. The summed E-state index contributed by atoms with van der Waals surface area (Å²) >= 11 is 0. The summed E-state index contributed by atoms with van der Waals surface area (Å²) in [5.74, 6) is 0.871. The van der Waals surface area contributed by atoms with Gasteiger partial charge < -0.3 is 15.2 Å². The van der Waals surface area contributed by atoms with Gasteiger partial charge >= 0.3 is 0 Å². The molecule has 0 spiro atoms. The molecule has 2 unspecified atom stereocenters. The third-order valence-electron chi connectivity index (χ3n) is 2.49. The van der Waals surface area contributed by atoms with E-state index in [0.29, 0.717) is 0 Å². The van der Waals surface area contributed by atoms with Crippen LogP contribution in [0.5, 0.6) is 5.75 Å². The second-order valence-corrected chi connectivity index (χ2v) is 3.74. The zero-order chi connectivity index (χ0) is 11.4. The lowest BCUT2D eigenvalue weighted by atomic mass is 10.0. The topological polar surface area (TPSA) is 44.5 Å². The summed E-state index contributed by atoms with van der Waals surface area (Å²) in [6, 6.07) is 5.98. The molecule has 0 aliphatic carbocycles. The van der Waals surface area contributed by atoms with Crippen LogP contribution in [0.1, 0.15) is 24.2 Å². The van der Waals surface area contributed by atoms with Crippen molar-refractivity contribution >= 4 is 0 Å². The number of hydrogen-bond acceptors (Lipinski definition) is 3.